The number of amides is 3. The maximum atomic E-state index is 11.9. The number of carbonyl (C=O) groups is 3. The van der Waals surface area contributed by atoms with Crippen molar-refractivity contribution in [3.63, 3.8) is 0 Å². The van der Waals surface area contributed by atoms with Crippen molar-refractivity contribution in [2.24, 2.45) is 0 Å². The van der Waals surface area contributed by atoms with Crippen molar-refractivity contribution in [2.75, 3.05) is 26.7 Å². The largest absolute Gasteiger partial charge is 0.355 e. The number of hydrogen-bond donors (Lipinski definition) is 3. The molecule has 0 aliphatic heterocycles. The summed E-state index contributed by atoms with van der Waals surface area (Å²) in [6, 6.07) is 6.89. The lowest BCUT2D eigenvalue weighted by molar-refractivity contribution is -0.125. The van der Waals surface area contributed by atoms with Crippen LogP contribution in [0.15, 0.2) is 28.7 Å². The van der Waals surface area contributed by atoms with Crippen LogP contribution in [0.2, 0.25) is 0 Å². The van der Waals surface area contributed by atoms with E-state index in [0.717, 1.165) is 6.42 Å². The molecular formula is C15H21BrN4O3. The maximum absolute atomic E-state index is 11.9. The highest BCUT2D eigenvalue weighted by atomic mass is 79.9. The summed E-state index contributed by atoms with van der Waals surface area (Å²) in [6.07, 6.45) is 0.858. The third-order valence-electron chi connectivity index (χ3n) is 2.83. The molecule has 0 aliphatic rings. The monoisotopic (exact) mass is 384 g/mol. The van der Waals surface area contributed by atoms with Gasteiger partial charge in [-0.1, -0.05) is 19.1 Å². The zero-order valence-corrected chi connectivity index (χ0v) is 14.8. The van der Waals surface area contributed by atoms with E-state index in [1.807, 2.05) is 6.92 Å². The first-order valence-electron chi connectivity index (χ1n) is 7.23. The first-order chi connectivity index (χ1) is 10.9. The Morgan fingerprint density at radius 1 is 1.09 bits per heavy atom. The average Bonchev–Trinajstić information content (AvgIpc) is 2.50. The minimum Gasteiger partial charge on any atom is -0.355 e. The van der Waals surface area contributed by atoms with E-state index in [1.165, 1.54) is 0 Å². The fourth-order valence-electron chi connectivity index (χ4n) is 1.75. The first-order valence-corrected chi connectivity index (χ1v) is 8.02. The molecule has 0 bridgehead atoms. The number of hydrogen-bond acceptors (Lipinski definition) is 4. The third kappa shape index (κ3) is 7.25. The van der Waals surface area contributed by atoms with Crippen LogP contribution in [0.1, 0.15) is 23.7 Å². The molecule has 0 aromatic heterocycles. The van der Waals surface area contributed by atoms with E-state index in [1.54, 1.807) is 36.2 Å². The van der Waals surface area contributed by atoms with Crippen molar-refractivity contribution in [3.8, 4) is 0 Å². The highest BCUT2D eigenvalue weighted by molar-refractivity contribution is 9.10. The van der Waals surface area contributed by atoms with Crippen molar-refractivity contribution in [1.29, 1.82) is 0 Å². The Bertz CT molecular complexity index is 565. The predicted octanol–water partition coefficient (Wildman–Crippen LogP) is 0.668. The molecule has 0 atom stereocenters. The van der Waals surface area contributed by atoms with Crippen molar-refractivity contribution in [2.45, 2.75) is 13.3 Å². The van der Waals surface area contributed by atoms with E-state index in [4.69, 9.17) is 0 Å². The molecule has 126 valence electrons. The molecule has 0 unspecified atom stereocenters. The molecule has 1 aromatic rings. The van der Waals surface area contributed by atoms with Crippen LogP contribution in [-0.2, 0) is 9.59 Å². The summed E-state index contributed by atoms with van der Waals surface area (Å²) in [5, 5.41) is 2.73. The van der Waals surface area contributed by atoms with Gasteiger partial charge in [-0.05, 0) is 41.5 Å². The van der Waals surface area contributed by atoms with Gasteiger partial charge in [-0.2, -0.15) is 0 Å². The number of halogens is 1. The molecule has 1 aromatic carbocycles. The number of nitrogens with one attached hydrogen (secondary N) is 3. The van der Waals surface area contributed by atoms with Gasteiger partial charge in [0.2, 0.25) is 5.91 Å². The Morgan fingerprint density at radius 2 is 1.74 bits per heavy atom. The SMILES string of the molecule is CCCNC(=O)CN(C)CC(=O)NNC(=O)c1ccccc1Br. The molecule has 23 heavy (non-hydrogen) atoms. The minimum absolute atomic E-state index is 0.00418. The lowest BCUT2D eigenvalue weighted by atomic mass is 10.2. The van der Waals surface area contributed by atoms with Gasteiger partial charge in [0.25, 0.3) is 11.8 Å². The van der Waals surface area contributed by atoms with E-state index in [2.05, 4.69) is 32.1 Å². The van der Waals surface area contributed by atoms with Crippen molar-refractivity contribution in [3.05, 3.63) is 34.3 Å². The van der Waals surface area contributed by atoms with Crippen LogP contribution in [0.5, 0.6) is 0 Å². The molecule has 8 heteroatoms. The van der Waals surface area contributed by atoms with Gasteiger partial charge in [0, 0.05) is 11.0 Å². The summed E-state index contributed by atoms with van der Waals surface area (Å²) in [5.41, 5.74) is 5.08. The highest BCUT2D eigenvalue weighted by Gasteiger charge is 2.13. The lowest BCUT2D eigenvalue weighted by Crippen LogP contribution is -2.47. The Balaban J connectivity index is 2.35. The first kappa shape index (κ1) is 19.1. The van der Waals surface area contributed by atoms with Crippen LogP contribution < -0.4 is 16.2 Å². The molecule has 0 radical (unpaired) electrons. The van der Waals surface area contributed by atoms with Crippen LogP contribution >= 0.6 is 15.9 Å². The molecule has 0 saturated carbocycles. The van der Waals surface area contributed by atoms with Crippen LogP contribution in [0, 0.1) is 0 Å². The summed E-state index contributed by atoms with van der Waals surface area (Å²) in [6.45, 7) is 2.69. The van der Waals surface area contributed by atoms with Gasteiger partial charge in [-0.25, -0.2) is 0 Å². The smallest absolute Gasteiger partial charge is 0.270 e. The van der Waals surface area contributed by atoms with E-state index < -0.39 is 11.8 Å². The number of hydrazine groups is 1. The summed E-state index contributed by atoms with van der Waals surface area (Å²) < 4.78 is 0.636. The van der Waals surface area contributed by atoms with Gasteiger partial charge in [0.1, 0.15) is 0 Å². The lowest BCUT2D eigenvalue weighted by Gasteiger charge is -2.16. The zero-order chi connectivity index (χ0) is 17.2. The standard InChI is InChI=1S/C15H21BrN4O3/c1-3-8-17-13(21)9-20(2)10-14(22)18-19-15(23)11-6-4-5-7-12(11)16/h4-7H,3,8-10H2,1-2H3,(H,17,21)(H,18,22)(H,19,23). The van der Waals surface area contributed by atoms with Gasteiger partial charge in [0.15, 0.2) is 0 Å². The molecule has 0 aliphatic carbocycles. The number of nitrogens with zero attached hydrogens (tertiary/aromatic N) is 1. The summed E-state index contributed by atoms with van der Waals surface area (Å²) in [7, 11) is 1.65. The van der Waals surface area contributed by atoms with Crippen LogP contribution in [0.25, 0.3) is 0 Å². The average molecular weight is 385 g/mol. The third-order valence-corrected chi connectivity index (χ3v) is 3.52. The molecule has 3 N–H and O–H groups in total. The van der Waals surface area contributed by atoms with E-state index in [9.17, 15) is 14.4 Å². The second-order valence-corrected chi connectivity index (χ2v) is 5.86. The quantitative estimate of drug-likeness (QED) is 0.602. The predicted molar refractivity (Wildman–Crippen MR) is 90.5 cm³/mol. The minimum atomic E-state index is -0.422. The van der Waals surface area contributed by atoms with Crippen molar-refractivity contribution < 1.29 is 14.4 Å². The Hall–Kier alpha value is -1.93. The van der Waals surface area contributed by atoms with Crippen molar-refractivity contribution >= 4 is 33.7 Å². The Morgan fingerprint density at radius 3 is 2.39 bits per heavy atom. The summed E-state index contributed by atoms with van der Waals surface area (Å²) in [4.78, 5) is 36.8. The molecular weight excluding hydrogens is 364 g/mol. The Labute approximate surface area is 143 Å². The molecule has 1 rings (SSSR count). The summed E-state index contributed by atoms with van der Waals surface area (Å²) in [5.74, 6) is -0.968. The van der Waals surface area contributed by atoms with Gasteiger partial charge in [-0.15, -0.1) is 0 Å². The van der Waals surface area contributed by atoms with Crippen LogP contribution in [0.3, 0.4) is 0 Å². The number of rotatable bonds is 7. The fourth-order valence-corrected chi connectivity index (χ4v) is 2.21. The Kier molecular flexibility index (Phi) is 8.28. The molecule has 3 amide bonds. The molecule has 0 saturated heterocycles. The maximum Gasteiger partial charge on any atom is 0.270 e. The summed E-state index contributed by atoms with van der Waals surface area (Å²) >= 11 is 3.27. The topological polar surface area (TPSA) is 90.5 Å². The number of benzene rings is 1. The number of likely N-dealkylation sites (N-methyl/N-ethyl adjacent to an activating group) is 1. The second-order valence-electron chi connectivity index (χ2n) is 5.00. The van der Waals surface area contributed by atoms with E-state index in [0.29, 0.717) is 16.6 Å². The van der Waals surface area contributed by atoms with Crippen LogP contribution in [0.4, 0.5) is 0 Å². The van der Waals surface area contributed by atoms with Gasteiger partial charge in [0.05, 0.1) is 18.7 Å². The van der Waals surface area contributed by atoms with Gasteiger partial charge >= 0.3 is 0 Å². The molecule has 0 fully saturated rings. The van der Waals surface area contributed by atoms with E-state index >= 15 is 0 Å². The molecule has 0 heterocycles. The highest BCUT2D eigenvalue weighted by Crippen LogP contribution is 2.14. The normalized spacial score (nSPS) is 10.3. The van der Waals surface area contributed by atoms with Gasteiger partial charge < -0.3 is 5.32 Å². The number of carbonyl (C=O) groups excluding carboxylic acids is 3. The van der Waals surface area contributed by atoms with Crippen molar-refractivity contribution in [1.82, 2.24) is 21.1 Å². The van der Waals surface area contributed by atoms with Crippen LogP contribution in [-0.4, -0.2) is 49.3 Å². The second kappa shape index (κ2) is 9.96. The molecule has 0 spiro atoms. The van der Waals surface area contributed by atoms with Gasteiger partial charge in [-0.3, -0.25) is 30.1 Å². The van der Waals surface area contributed by atoms with E-state index in [-0.39, 0.29) is 19.0 Å². The fraction of sp³-hybridized carbons (Fsp3) is 0.400. The zero-order valence-electron chi connectivity index (χ0n) is 13.2. The molecule has 7 nitrogen and oxygen atoms in total.